The van der Waals surface area contributed by atoms with E-state index in [9.17, 15) is 4.39 Å². The average molecular weight is 277 g/mol. The predicted molar refractivity (Wildman–Crippen MR) is 68.6 cm³/mol. The average Bonchev–Trinajstić information content (AvgIpc) is 2.32. The van der Waals surface area contributed by atoms with Crippen molar-refractivity contribution in [2.24, 2.45) is 0 Å². The minimum absolute atomic E-state index is 0.263. The zero-order valence-corrected chi connectivity index (χ0v) is 11.4. The van der Waals surface area contributed by atoms with E-state index in [1.807, 2.05) is 13.8 Å². The molecule has 0 aromatic heterocycles. The van der Waals surface area contributed by atoms with Gasteiger partial charge in [-0.15, -0.1) is 0 Å². The maximum atomic E-state index is 12.8. The van der Waals surface area contributed by atoms with Crippen molar-refractivity contribution in [2.75, 3.05) is 19.8 Å². The highest BCUT2D eigenvalue weighted by atomic mass is 35.5. The van der Waals surface area contributed by atoms with Gasteiger partial charge in [0.15, 0.2) is 6.29 Å². The van der Waals surface area contributed by atoms with Crippen LogP contribution >= 0.6 is 11.6 Å². The van der Waals surface area contributed by atoms with E-state index in [1.165, 1.54) is 18.2 Å². The summed E-state index contributed by atoms with van der Waals surface area (Å²) in [6.45, 7) is 5.38. The Bertz CT molecular complexity index is 354. The second-order valence-corrected chi connectivity index (χ2v) is 3.96. The van der Waals surface area contributed by atoms with Gasteiger partial charge in [0, 0.05) is 19.6 Å². The third-order valence-corrected chi connectivity index (χ3v) is 2.51. The van der Waals surface area contributed by atoms with Gasteiger partial charge in [-0.3, -0.25) is 0 Å². The van der Waals surface area contributed by atoms with Crippen LogP contribution in [0.4, 0.5) is 4.39 Å². The number of benzene rings is 1. The quantitative estimate of drug-likeness (QED) is 0.679. The van der Waals surface area contributed by atoms with E-state index >= 15 is 0 Å². The lowest BCUT2D eigenvalue weighted by Crippen LogP contribution is -2.20. The minimum Gasteiger partial charge on any atom is -0.492 e. The van der Waals surface area contributed by atoms with Crippen molar-refractivity contribution in [1.29, 1.82) is 0 Å². The van der Waals surface area contributed by atoms with Crippen LogP contribution in [0.1, 0.15) is 20.3 Å². The number of ether oxygens (including phenoxy) is 3. The van der Waals surface area contributed by atoms with Crippen LogP contribution in [-0.2, 0) is 9.47 Å². The molecule has 102 valence electrons. The van der Waals surface area contributed by atoms with Gasteiger partial charge in [0.25, 0.3) is 0 Å². The molecule has 0 fully saturated rings. The first-order valence-electron chi connectivity index (χ1n) is 5.98. The molecule has 1 aromatic carbocycles. The van der Waals surface area contributed by atoms with E-state index in [-0.39, 0.29) is 17.1 Å². The lowest BCUT2D eigenvalue weighted by Gasteiger charge is -2.17. The molecule has 0 spiro atoms. The first-order valence-corrected chi connectivity index (χ1v) is 6.36. The lowest BCUT2D eigenvalue weighted by molar-refractivity contribution is -0.142. The van der Waals surface area contributed by atoms with Gasteiger partial charge < -0.3 is 14.2 Å². The fourth-order valence-corrected chi connectivity index (χ4v) is 1.67. The Morgan fingerprint density at radius 2 is 1.89 bits per heavy atom. The van der Waals surface area contributed by atoms with Gasteiger partial charge in [-0.2, -0.15) is 0 Å². The topological polar surface area (TPSA) is 27.7 Å². The van der Waals surface area contributed by atoms with Crippen molar-refractivity contribution in [2.45, 2.75) is 26.6 Å². The summed E-state index contributed by atoms with van der Waals surface area (Å²) >= 11 is 5.84. The molecule has 0 aliphatic rings. The molecule has 0 aliphatic heterocycles. The molecule has 0 heterocycles. The fraction of sp³-hybridized carbons (Fsp3) is 0.538. The largest absolute Gasteiger partial charge is 0.492 e. The second kappa shape index (κ2) is 8.29. The number of hydrogen-bond acceptors (Lipinski definition) is 3. The normalized spacial score (nSPS) is 10.9. The zero-order chi connectivity index (χ0) is 13.4. The van der Waals surface area contributed by atoms with E-state index in [2.05, 4.69) is 0 Å². The first kappa shape index (κ1) is 15.2. The third kappa shape index (κ3) is 5.21. The molecule has 0 aliphatic carbocycles. The molecular weight excluding hydrogens is 259 g/mol. The van der Waals surface area contributed by atoms with Gasteiger partial charge in [0.1, 0.15) is 11.6 Å². The Morgan fingerprint density at radius 1 is 1.22 bits per heavy atom. The maximum absolute atomic E-state index is 12.8. The second-order valence-electron chi connectivity index (χ2n) is 3.55. The first-order chi connectivity index (χ1) is 8.67. The summed E-state index contributed by atoms with van der Waals surface area (Å²) in [6.07, 6.45) is 0.314. The van der Waals surface area contributed by atoms with Crippen LogP contribution in [0.3, 0.4) is 0 Å². The van der Waals surface area contributed by atoms with Crippen LogP contribution in [0.15, 0.2) is 18.2 Å². The molecule has 1 rings (SSSR count). The minimum atomic E-state index is -0.381. The van der Waals surface area contributed by atoms with Gasteiger partial charge in [0.05, 0.1) is 11.6 Å². The lowest BCUT2D eigenvalue weighted by atomic mass is 10.3. The fourth-order valence-electron chi connectivity index (χ4n) is 1.44. The Kier molecular flexibility index (Phi) is 7.01. The summed E-state index contributed by atoms with van der Waals surface area (Å²) in [5.41, 5.74) is 0. The molecule has 18 heavy (non-hydrogen) atoms. The van der Waals surface area contributed by atoms with Crippen LogP contribution in [0.2, 0.25) is 5.02 Å². The smallest absolute Gasteiger partial charge is 0.160 e. The van der Waals surface area contributed by atoms with Gasteiger partial charge in [0.2, 0.25) is 0 Å². The summed E-state index contributed by atoms with van der Waals surface area (Å²) in [5, 5.41) is 0.263. The monoisotopic (exact) mass is 276 g/mol. The predicted octanol–water partition coefficient (Wildman–Crippen LogP) is 3.65. The van der Waals surface area contributed by atoms with Gasteiger partial charge in [-0.05, 0) is 32.0 Å². The molecule has 0 amide bonds. The molecule has 0 radical (unpaired) electrons. The van der Waals surface area contributed by atoms with Crippen molar-refractivity contribution < 1.29 is 18.6 Å². The molecular formula is C13H18ClFO3. The Labute approximate surface area is 112 Å². The van der Waals surface area contributed by atoms with E-state index in [0.29, 0.717) is 32.0 Å². The van der Waals surface area contributed by atoms with E-state index in [1.54, 1.807) is 0 Å². The van der Waals surface area contributed by atoms with Crippen molar-refractivity contribution in [3.8, 4) is 5.75 Å². The SMILES string of the molecule is CCOC(CCOc1ccc(F)cc1Cl)OCC. The van der Waals surface area contributed by atoms with Crippen LogP contribution in [-0.4, -0.2) is 26.1 Å². The van der Waals surface area contributed by atoms with Crippen LogP contribution in [0, 0.1) is 5.82 Å². The van der Waals surface area contributed by atoms with Crippen molar-refractivity contribution in [1.82, 2.24) is 0 Å². The van der Waals surface area contributed by atoms with Gasteiger partial charge in [-0.1, -0.05) is 11.6 Å². The van der Waals surface area contributed by atoms with E-state index in [0.717, 1.165) is 0 Å². The van der Waals surface area contributed by atoms with Crippen LogP contribution in [0.5, 0.6) is 5.75 Å². The molecule has 5 heteroatoms. The summed E-state index contributed by atoms with van der Waals surface area (Å²) in [6, 6.07) is 4.04. The number of rotatable bonds is 8. The summed E-state index contributed by atoms with van der Waals surface area (Å²) in [4.78, 5) is 0. The third-order valence-electron chi connectivity index (χ3n) is 2.21. The molecule has 0 saturated carbocycles. The highest BCUT2D eigenvalue weighted by molar-refractivity contribution is 6.32. The maximum Gasteiger partial charge on any atom is 0.160 e. The Hall–Kier alpha value is -0.840. The van der Waals surface area contributed by atoms with E-state index in [4.69, 9.17) is 25.8 Å². The summed E-state index contributed by atoms with van der Waals surface area (Å²) in [5.74, 6) is 0.0821. The molecule has 0 atom stereocenters. The standard InChI is InChI=1S/C13H18ClFO3/c1-3-16-13(17-4-2)7-8-18-12-6-5-10(15)9-11(12)14/h5-6,9,13H,3-4,7-8H2,1-2H3. The zero-order valence-electron chi connectivity index (χ0n) is 10.6. The molecule has 0 N–H and O–H groups in total. The molecule has 1 aromatic rings. The van der Waals surface area contributed by atoms with Crippen molar-refractivity contribution in [3.05, 3.63) is 29.0 Å². The summed E-state index contributed by atoms with van der Waals surface area (Å²) in [7, 11) is 0. The molecule has 0 unspecified atom stereocenters. The van der Waals surface area contributed by atoms with Gasteiger partial charge in [-0.25, -0.2) is 4.39 Å². The highest BCUT2D eigenvalue weighted by Gasteiger charge is 2.09. The molecule has 0 saturated heterocycles. The Balaban J connectivity index is 2.39. The van der Waals surface area contributed by atoms with Crippen LogP contribution in [0.25, 0.3) is 0 Å². The van der Waals surface area contributed by atoms with Crippen molar-refractivity contribution >= 4 is 11.6 Å². The molecule has 3 nitrogen and oxygen atoms in total. The number of hydrogen-bond donors (Lipinski definition) is 0. The van der Waals surface area contributed by atoms with Gasteiger partial charge >= 0.3 is 0 Å². The van der Waals surface area contributed by atoms with Crippen molar-refractivity contribution in [3.63, 3.8) is 0 Å². The van der Waals surface area contributed by atoms with E-state index < -0.39 is 0 Å². The highest BCUT2D eigenvalue weighted by Crippen LogP contribution is 2.25. The summed E-state index contributed by atoms with van der Waals surface area (Å²) < 4.78 is 29.0. The number of halogens is 2. The molecule has 0 bridgehead atoms. The van der Waals surface area contributed by atoms with Crippen LogP contribution < -0.4 is 4.74 Å². The Morgan fingerprint density at radius 3 is 2.44 bits per heavy atom.